The van der Waals surface area contributed by atoms with Gasteiger partial charge in [-0.2, -0.15) is 0 Å². The van der Waals surface area contributed by atoms with E-state index in [9.17, 15) is 0 Å². The van der Waals surface area contributed by atoms with Gasteiger partial charge in [-0.1, -0.05) is 20.8 Å². The highest BCUT2D eigenvalue weighted by Gasteiger charge is 2.39. The van der Waals surface area contributed by atoms with Crippen LogP contribution in [0.2, 0.25) is 0 Å². The molecule has 1 heterocycles. The van der Waals surface area contributed by atoms with Crippen molar-refractivity contribution in [2.45, 2.75) is 33.6 Å². The average Bonchev–Trinajstić information content (AvgIpc) is 1.92. The van der Waals surface area contributed by atoms with Gasteiger partial charge in [-0.3, -0.25) is 0 Å². The predicted molar refractivity (Wildman–Crippen MR) is 57.9 cm³/mol. The van der Waals surface area contributed by atoms with Gasteiger partial charge in [0.25, 0.3) is 0 Å². The average molecular weight is 184 g/mol. The molecule has 0 saturated carbocycles. The van der Waals surface area contributed by atoms with E-state index >= 15 is 0 Å². The summed E-state index contributed by atoms with van der Waals surface area (Å²) >= 11 is 0. The number of rotatable bonds is 4. The van der Waals surface area contributed by atoms with Crippen LogP contribution in [0.25, 0.3) is 0 Å². The van der Waals surface area contributed by atoms with Crippen LogP contribution in [0.5, 0.6) is 0 Å². The molecule has 1 fully saturated rings. The first kappa shape index (κ1) is 11.0. The second-order valence-corrected chi connectivity index (χ2v) is 5.69. The van der Waals surface area contributed by atoms with Crippen LogP contribution < -0.4 is 10.6 Å². The normalized spacial score (nSPS) is 21.2. The maximum Gasteiger partial charge on any atom is 0.00209 e. The first-order valence-electron chi connectivity index (χ1n) is 5.33. The highest BCUT2D eigenvalue weighted by atomic mass is 15.0. The van der Waals surface area contributed by atoms with E-state index in [1.165, 1.54) is 25.9 Å². The standard InChI is InChI=1S/C11H24N2/c1-10(2,3)7-11(5-6-12-4)8-13-9-11/h12-13H,5-9H2,1-4H3. The van der Waals surface area contributed by atoms with Crippen LogP contribution in [-0.2, 0) is 0 Å². The Balaban J connectivity index is 2.40. The molecule has 78 valence electrons. The molecule has 0 aromatic rings. The minimum Gasteiger partial charge on any atom is -0.320 e. The third-order valence-electron chi connectivity index (χ3n) is 2.81. The number of hydrogen-bond donors (Lipinski definition) is 2. The van der Waals surface area contributed by atoms with Crippen LogP contribution in [0.3, 0.4) is 0 Å². The molecule has 0 radical (unpaired) electrons. The molecule has 0 spiro atoms. The van der Waals surface area contributed by atoms with Crippen molar-refractivity contribution in [1.82, 2.24) is 10.6 Å². The predicted octanol–water partition coefficient (Wildman–Crippen LogP) is 1.62. The molecule has 1 aliphatic rings. The van der Waals surface area contributed by atoms with E-state index in [4.69, 9.17) is 0 Å². The summed E-state index contributed by atoms with van der Waals surface area (Å²) in [5.74, 6) is 0. The molecular formula is C11H24N2. The SMILES string of the molecule is CNCCC1(CC(C)(C)C)CNC1. The maximum absolute atomic E-state index is 3.41. The van der Waals surface area contributed by atoms with Gasteiger partial charge in [0.2, 0.25) is 0 Å². The molecular weight excluding hydrogens is 160 g/mol. The molecule has 2 N–H and O–H groups in total. The Morgan fingerprint density at radius 3 is 2.23 bits per heavy atom. The van der Waals surface area contributed by atoms with Crippen LogP contribution in [0.15, 0.2) is 0 Å². The number of hydrogen-bond acceptors (Lipinski definition) is 2. The monoisotopic (exact) mass is 184 g/mol. The Kier molecular flexibility index (Phi) is 3.36. The van der Waals surface area contributed by atoms with Crippen molar-refractivity contribution < 1.29 is 0 Å². The summed E-state index contributed by atoms with van der Waals surface area (Å²) in [6, 6.07) is 0. The van der Waals surface area contributed by atoms with Crippen molar-refractivity contribution in [3.8, 4) is 0 Å². The number of nitrogens with one attached hydrogen (secondary N) is 2. The van der Waals surface area contributed by atoms with Crippen LogP contribution in [0, 0.1) is 10.8 Å². The molecule has 2 heteroatoms. The van der Waals surface area contributed by atoms with Crippen molar-refractivity contribution in [2.75, 3.05) is 26.7 Å². The Bertz CT molecular complexity index is 154. The minimum atomic E-state index is 0.468. The fraction of sp³-hybridized carbons (Fsp3) is 1.00. The molecule has 0 unspecified atom stereocenters. The van der Waals surface area contributed by atoms with E-state index < -0.39 is 0 Å². The van der Waals surface area contributed by atoms with Gasteiger partial charge in [-0.25, -0.2) is 0 Å². The lowest BCUT2D eigenvalue weighted by Crippen LogP contribution is -2.55. The van der Waals surface area contributed by atoms with Crippen molar-refractivity contribution >= 4 is 0 Å². The molecule has 0 aromatic heterocycles. The van der Waals surface area contributed by atoms with Crippen LogP contribution >= 0.6 is 0 Å². The molecule has 1 rings (SSSR count). The van der Waals surface area contributed by atoms with Gasteiger partial charge in [0, 0.05) is 13.1 Å². The molecule has 2 nitrogen and oxygen atoms in total. The zero-order valence-corrected chi connectivity index (χ0v) is 9.54. The van der Waals surface area contributed by atoms with Crippen molar-refractivity contribution in [3.63, 3.8) is 0 Å². The van der Waals surface area contributed by atoms with E-state index in [1.807, 2.05) is 7.05 Å². The van der Waals surface area contributed by atoms with E-state index in [0.29, 0.717) is 10.8 Å². The topological polar surface area (TPSA) is 24.1 Å². The molecule has 0 aliphatic carbocycles. The molecule has 13 heavy (non-hydrogen) atoms. The van der Waals surface area contributed by atoms with Gasteiger partial charge in [-0.05, 0) is 37.3 Å². The highest BCUT2D eigenvalue weighted by molar-refractivity contribution is 4.95. The van der Waals surface area contributed by atoms with Gasteiger partial charge >= 0.3 is 0 Å². The van der Waals surface area contributed by atoms with Crippen LogP contribution in [0.4, 0.5) is 0 Å². The summed E-state index contributed by atoms with van der Waals surface area (Å²) in [6.07, 6.45) is 2.66. The quantitative estimate of drug-likeness (QED) is 0.694. The molecule has 0 aromatic carbocycles. The van der Waals surface area contributed by atoms with Crippen molar-refractivity contribution in [1.29, 1.82) is 0 Å². The molecule has 0 amide bonds. The summed E-state index contributed by atoms with van der Waals surface area (Å²) in [4.78, 5) is 0. The first-order valence-corrected chi connectivity index (χ1v) is 5.33. The van der Waals surface area contributed by atoms with Crippen molar-refractivity contribution in [3.05, 3.63) is 0 Å². The first-order chi connectivity index (χ1) is 5.97. The molecule has 0 atom stereocenters. The minimum absolute atomic E-state index is 0.468. The summed E-state index contributed by atoms with van der Waals surface area (Å²) in [7, 11) is 2.04. The third-order valence-corrected chi connectivity index (χ3v) is 2.81. The lowest BCUT2D eigenvalue weighted by atomic mass is 9.68. The Morgan fingerprint density at radius 2 is 1.92 bits per heavy atom. The van der Waals surface area contributed by atoms with Gasteiger partial charge in [0.15, 0.2) is 0 Å². The van der Waals surface area contributed by atoms with Crippen molar-refractivity contribution in [2.24, 2.45) is 10.8 Å². The van der Waals surface area contributed by atoms with Crippen LogP contribution in [0.1, 0.15) is 33.6 Å². The van der Waals surface area contributed by atoms with E-state index in [1.54, 1.807) is 0 Å². The summed E-state index contributed by atoms with van der Waals surface area (Å²) < 4.78 is 0. The Morgan fingerprint density at radius 1 is 1.31 bits per heavy atom. The lowest BCUT2D eigenvalue weighted by molar-refractivity contribution is 0.0873. The van der Waals surface area contributed by atoms with Gasteiger partial charge < -0.3 is 10.6 Å². The van der Waals surface area contributed by atoms with Gasteiger partial charge in [0.05, 0.1) is 0 Å². The maximum atomic E-state index is 3.41. The van der Waals surface area contributed by atoms with Crippen LogP contribution in [-0.4, -0.2) is 26.7 Å². The fourth-order valence-electron chi connectivity index (χ4n) is 2.38. The fourth-order valence-corrected chi connectivity index (χ4v) is 2.38. The zero-order chi connectivity index (χ0) is 9.95. The molecule has 0 bridgehead atoms. The third kappa shape index (κ3) is 3.28. The smallest absolute Gasteiger partial charge is 0.00209 e. The summed E-state index contributed by atoms with van der Waals surface area (Å²) in [6.45, 7) is 10.6. The second kappa shape index (κ2) is 3.97. The molecule has 1 saturated heterocycles. The Hall–Kier alpha value is -0.0800. The molecule has 1 aliphatic heterocycles. The van der Waals surface area contributed by atoms with E-state index in [-0.39, 0.29) is 0 Å². The zero-order valence-electron chi connectivity index (χ0n) is 9.54. The second-order valence-electron chi connectivity index (χ2n) is 5.69. The Labute approximate surface area is 82.5 Å². The lowest BCUT2D eigenvalue weighted by Gasteiger charge is -2.46. The van der Waals surface area contributed by atoms with Gasteiger partial charge in [-0.15, -0.1) is 0 Å². The summed E-state index contributed by atoms with van der Waals surface area (Å²) in [5.41, 5.74) is 1.05. The highest BCUT2D eigenvalue weighted by Crippen LogP contribution is 2.39. The van der Waals surface area contributed by atoms with Gasteiger partial charge in [0.1, 0.15) is 0 Å². The summed E-state index contributed by atoms with van der Waals surface area (Å²) in [5, 5.41) is 6.66. The largest absolute Gasteiger partial charge is 0.320 e. The van der Waals surface area contributed by atoms with E-state index in [2.05, 4.69) is 31.4 Å². The van der Waals surface area contributed by atoms with E-state index in [0.717, 1.165) is 6.54 Å².